The zero-order chi connectivity index (χ0) is 27.6. The van der Waals surface area contributed by atoms with Crippen LogP contribution < -0.4 is 4.74 Å². The van der Waals surface area contributed by atoms with Crippen molar-refractivity contribution in [2.75, 3.05) is 26.2 Å². The maximum Gasteiger partial charge on any atom is 0.335 e. The van der Waals surface area contributed by atoms with Crippen LogP contribution in [0.25, 0.3) is 16.6 Å². The van der Waals surface area contributed by atoms with Gasteiger partial charge in [0.25, 0.3) is 0 Å². The second kappa shape index (κ2) is 15.2. The van der Waals surface area contributed by atoms with E-state index in [2.05, 4.69) is 18.7 Å². The molecule has 40 heavy (non-hydrogen) atoms. The predicted octanol–water partition coefficient (Wildman–Crippen LogP) is 7.63. The number of pyridine rings is 1. The molecule has 0 saturated heterocycles. The van der Waals surface area contributed by atoms with Gasteiger partial charge in [-0.2, -0.15) is 0 Å². The minimum atomic E-state index is -1.00. The van der Waals surface area contributed by atoms with Gasteiger partial charge in [-0.3, -0.25) is 4.79 Å². The third-order valence-corrected chi connectivity index (χ3v) is 6.98. The lowest BCUT2D eigenvalue weighted by atomic mass is 10.0. The number of carboxylic acid groups (broad SMARTS) is 1. The number of hydrogen-bond donors (Lipinski definition) is 1. The molecule has 0 aliphatic rings. The van der Waals surface area contributed by atoms with Gasteiger partial charge in [0.05, 0.1) is 12.2 Å². The highest BCUT2D eigenvalue weighted by atomic mass is 35.5. The zero-order valence-electron chi connectivity index (χ0n) is 23.3. The van der Waals surface area contributed by atoms with Gasteiger partial charge in [0, 0.05) is 29.4 Å². The van der Waals surface area contributed by atoms with Crippen molar-refractivity contribution in [3.63, 3.8) is 0 Å². The van der Waals surface area contributed by atoms with Gasteiger partial charge < -0.3 is 19.1 Å². The lowest BCUT2D eigenvalue weighted by molar-refractivity contribution is 0.0696. The van der Waals surface area contributed by atoms with Gasteiger partial charge >= 0.3 is 5.97 Å². The average molecular weight is 563 g/mol. The summed E-state index contributed by atoms with van der Waals surface area (Å²) in [5.74, 6) is -0.390. The molecular weight excluding hydrogens is 524 g/mol. The van der Waals surface area contributed by atoms with Crippen molar-refractivity contribution in [2.45, 2.75) is 46.0 Å². The molecular formula is C33H39ClN2O4. The molecule has 0 fully saturated rings. The number of benzene rings is 2. The van der Waals surface area contributed by atoms with Crippen molar-refractivity contribution in [3.8, 4) is 16.9 Å². The highest BCUT2D eigenvalue weighted by Gasteiger charge is 2.21. The first-order chi connectivity index (χ1) is 19.0. The van der Waals surface area contributed by atoms with E-state index in [0.29, 0.717) is 23.4 Å². The van der Waals surface area contributed by atoms with Crippen LogP contribution in [0.4, 0.5) is 0 Å². The second-order valence-corrected chi connectivity index (χ2v) is 9.89. The van der Waals surface area contributed by atoms with E-state index in [9.17, 15) is 14.7 Å². The Balaban J connectivity index is 0.00000441. The second-order valence-electron chi connectivity index (χ2n) is 9.89. The van der Waals surface area contributed by atoms with Gasteiger partial charge in [-0.05, 0) is 80.4 Å². The number of carbonyl (C=O) groups is 2. The molecule has 0 unspecified atom stereocenters. The molecule has 0 amide bonds. The summed E-state index contributed by atoms with van der Waals surface area (Å²) in [5, 5.41) is 9.43. The largest absolute Gasteiger partial charge is 0.494 e. The standard InChI is InChI=1S/C33H38N2O4.ClH/c1-3-5-18-34(19-6-4-2)20-10-22-39-29-15-13-26(14-16-29)32(36)31-30(25-11-8-7-9-12-25)24-28-23-27(33(37)38)17-21-35(28)31;/h7-9,11-17,21,23-24H,3-6,10,18-20,22H2,1-2H3,(H,37,38);1H. The van der Waals surface area contributed by atoms with Crippen LogP contribution >= 0.6 is 12.4 Å². The smallest absolute Gasteiger partial charge is 0.335 e. The van der Waals surface area contributed by atoms with Crippen molar-refractivity contribution < 1.29 is 19.4 Å². The van der Waals surface area contributed by atoms with Crippen molar-refractivity contribution in [1.82, 2.24) is 9.30 Å². The third kappa shape index (κ3) is 7.74. The third-order valence-electron chi connectivity index (χ3n) is 6.98. The van der Waals surface area contributed by atoms with E-state index >= 15 is 0 Å². The molecule has 0 atom stereocenters. The summed E-state index contributed by atoms with van der Waals surface area (Å²) < 4.78 is 7.76. The molecule has 4 rings (SSSR count). The van der Waals surface area contributed by atoms with Gasteiger partial charge in [0.1, 0.15) is 11.4 Å². The van der Waals surface area contributed by atoms with Crippen molar-refractivity contribution in [3.05, 3.63) is 95.8 Å². The number of unbranched alkanes of at least 4 members (excludes halogenated alkanes) is 2. The Morgan fingerprint density at radius 2 is 1.48 bits per heavy atom. The van der Waals surface area contributed by atoms with Gasteiger partial charge in [-0.25, -0.2) is 4.79 Å². The van der Waals surface area contributed by atoms with Crippen LogP contribution in [0.3, 0.4) is 0 Å². The average Bonchev–Trinajstić information content (AvgIpc) is 3.35. The molecule has 1 N–H and O–H groups in total. The number of halogens is 1. The molecule has 6 nitrogen and oxygen atoms in total. The van der Waals surface area contributed by atoms with Crippen LogP contribution in [0, 0.1) is 0 Å². The molecule has 0 bridgehead atoms. The van der Waals surface area contributed by atoms with E-state index in [1.807, 2.05) is 48.5 Å². The molecule has 0 aliphatic heterocycles. The first kappa shape index (κ1) is 30.9. The van der Waals surface area contributed by atoms with Crippen molar-refractivity contribution >= 4 is 29.7 Å². The van der Waals surface area contributed by atoms with Crippen LogP contribution in [-0.2, 0) is 0 Å². The van der Waals surface area contributed by atoms with Gasteiger partial charge in [0.15, 0.2) is 0 Å². The van der Waals surface area contributed by atoms with Gasteiger partial charge in [-0.1, -0.05) is 57.0 Å². The highest BCUT2D eigenvalue weighted by molar-refractivity contribution is 6.13. The van der Waals surface area contributed by atoms with Crippen LogP contribution in [-0.4, -0.2) is 52.4 Å². The number of rotatable bonds is 15. The van der Waals surface area contributed by atoms with Crippen molar-refractivity contribution in [1.29, 1.82) is 0 Å². The van der Waals surface area contributed by atoms with Crippen molar-refractivity contribution in [2.24, 2.45) is 0 Å². The van der Waals surface area contributed by atoms with Gasteiger partial charge in [-0.15, -0.1) is 12.4 Å². The Morgan fingerprint density at radius 1 is 0.825 bits per heavy atom. The fourth-order valence-corrected chi connectivity index (χ4v) is 4.80. The number of aromatic nitrogens is 1. The Morgan fingerprint density at radius 3 is 2.10 bits per heavy atom. The quantitative estimate of drug-likeness (QED) is 0.119. The number of fused-ring (bicyclic) bond motifs is 1. The summed E-state index contributed by atoms with van der Waals surface area (Å²) in [5.41, 5.74) is 3.55. The molecule has 2 heterocycles. The summed E-state index contributed by atoms with van der Waals surface area (Å²) in [6, 6.07) is 21.9. The van der Waals surface area contributed by atoms with E-state index in [-0.39, 0.29) is 23.8 Å². The molecule has 2 aromatic heterocycles. The number of carbonyl (C=O) groups excluding carboxylic acids is 1. The molecule has 0 spiro atoms. The summed E-state index contributed by atoms with van der Waals surface area (Å²) >= 11 is 0. The normalized spacial score (nSPS) is 11.0. The molecule has 7 heteroatoms. The number of ether oxygens (including phenoxy) is 1. The molecule has 0 saturated carbocycles. The van der Waals surface area contributed by atoms with Crippen LogP contribution in [0.2, 0.25) is 0 Å². The maximum absolute atomic E-state index is 13.8. The summed E-state index contributed by atoms with van der Waals surface area (Å²) in [6.45, 7) is 8.41. The Hall–Kier alpha value is -3.61. The summed E-state index contributed by atoms with van der Waals surface area (Å²) in [6.07, 6.45) is 7.48. The van der Waals surface area contributed by atoms with E-state index < -0.39 is 5.97 Å². The number of ketones is 1. The zero-order valence-corrected chi connectivity index (χ0v) is 24.2. The fraction of sp³-hybridized carbons (Fsp3) is 0.333. The maximum atomic E-state index is 13.8. The Bertz CT molecular complexity index is 1380. The molecule has 0 aliphatic carbocycles. The van der Waals surface area contributed by atoms with Crippen LogP contribution in [0.1, 0.15) is 72.4 Å². The minimum absolute atomic E-state index is 0. The predicted molar refractivity (Wildman–Crippen MR) is 163 cm³/mol. The number of carboxylic acids is 1. The summed E-state index contributed by atoms with van der Waals surface area (Å²) in [7, 11) is 0. The van der Waals surface area contributed by atoms with E-state index in [1.54, 1.807) is 28.8 Å². The van der Waals surface area contributed by atoms with E-state index in [0.717, 1.165) is 42.9 Å². The van der Waals surface area contributed by atoms with E-state index in [1.165, 1.54) is 31.7 Å². The topological polar surface area (TPSA) is 71.2 Å². The lowest BCUT2D eigenvalue weighted by Crippen LogP contribution is -2.28. The highest BCUT2D eigenvalue weighted by Crippen LogP contribution is 2.30. The lowest BCUT2D eigenvalue weighted by Gasteiger charge is -2.21. The molecule has 212 valence electrons. The number of nitrogens with zero attached hydrogens (tertiary/aromatic N) is 2. The fourth-order valence-electron chi connectivity index (χ4n) is 4.80. The first-order valence-electron chi connectivity index (χ1n) is 14.0. The first-order valence-corrected chi connectivity index (χ1v) is 14.0. The number of hydrogen-bond acceptors (Lipinski definition) is 4. The van der Waals surface area contributed by atoms with E-state index in [4.69, 9.17) is 4.74 Å². The minimum Gasteiger partial charge on any atom is -0.494 e. The SMILES string of the molecule is CCCCN(CCCC)CCCOc1ccc(C(=O)c2c(-c3ccccc3)cc3cc(C(=O)O)ccn23)cc1.Cl. The monoisotopic (exact) mass is 562 g/mol. The Kier molecular flexibility index (Phi) is 11.8. The number of aromatic carboxylic acids is 1. The molecule has 0 radical (unpaired) electrons. The Labute approximate surface area is 243 Å². The van der Waals surface area contributed by atoms with Gasteiger partial charge in [0.2, 0.25) is 5.78 Å². The molecule has 2 aromatic carbocycles. The molecule has 4 aromatic rings. The van der Waals surface area contributed by atoms with Crippen LogP contribution in [0.15, 0.2) is 79.0 Å². The summed E-state index contributed by atoms with van der Waals surface area (Å²) in [4.78, 5) is 27.8. The van der Waals surface area contributed by atoms with Crippen LogP contribution in [0.5, 0.6) is 5.75 Å².